The predicted octanol–water partition coefficient (Wildman–Crippen LogP) is 4.09. The maximum atomic E-state index is 13.3. The molecule has 0 radical (unpaired) electrons. The number of hydrogen-bond donors (Lipinski definition) is 0. The first-order chi connectivity index (χ1) is 15.7. The number of carbonyl (C=O) groups excluding carboxylic acids is 2. The molecule has 0 aliphatic rings. The van der Waals surface area contributed by atoms with Gasteiger partial charge in [0.2, 0.25) is 21.7 Å². The second kappa shape index (κ2) is 10.2. The Kier molecular flexibility index (Phi) is 7.55. The Morgan fingerprint density at radius 2 is 1.70 bits per heavy atom. The van der Waals surface area contributed by atoms with Crippen molar-refractivity contribution >= 4 is 33.1 Å². The van der Waals surface area contributed by atoms with Crippen molar-refractivity contribution < 1.29 is 27.5 Å². The predicted molar refractivity (Wildman–Crippen MR) is 128 cm³/mol. The third-order valence-corrected chi connectivity index (χ3v) is 7.21. The molecule has 3 rings (SSSR count). The smallest absolute Gasteiger partial charge is 0.243 e. The first kappa shape index (κ1) is 24.5. The van der Waals surface area contributed by atoms with Gasteiger partial charge in [0.25, 0.3) is 0 Å². The summed E-state index contributed by atoms with van der Waals surface area (Å²) in [7, 11) is -0.940. The number of sulfonamides is 1. The van der Waals surface area contributed by atoms with Crippen molar-refractivity contribution in [1.82, 2.24) is 4.31 Å². The van der Waals surface area contributed by atoms with E-state index in [0.717, 1.165) is 10.6 Å². The average molecular weight is 488 g/mol. The molecule has 33 heavy (non-hydrogen) atoms. The Labute approximate surface area is 197 Å². The van der Waals surface area contributed by atoms with Crippen LogP contribution in [0.3, 0.4) is 0 Å². The number of ether oxygens (including phenoxy) is 2. The number of methoxy groups -OCH3 is 2. The average Bonchev–Trinajstić information content (AvgIpc) is 3.35. The van der Waals surface area contributed by atoms with E-state index in [9.17, 15) is 18.0 Å². The number of rotatable bonds is 9. The van der Waals surface area contributed by atoms with Crippen LogP contribution in [0, 0.1) is 0 Å². The van der Waals surface area contributed by atoms with E-state index in [2.05, 4.69) is 0 Å². The molecule has 2 aromatic carbocycles. The van der Waals surface area contributed by atoms with Gasteiger partial charge >= 0.3 is 0 Å². The quantitative estimate of drug-likeness (QED) is 0.423. The number of carbonyl (C=O) groups is 2. The molecule has 1 unspecified atom stereocenters. The molecule has 1 atom stereocenters. The number of ketones is 1. The minimum atomic E-state index is -3.88. The van der Waals surface area contributed by atoms with Gasteiger partial charge in [0.05, 0.1) is 37.8 Å². The molecule has 9 heteroatoms. The first-order valence-electron chi connectivity index (χ1n) is 10.1. The van der Waals surface area contributed by atoms with E-state index in [0.29, 0.717) is 33.1 Å². The second-order valence-corrected chi connectivity index (χ2v) is 10.3. The highest BCUT2D eigenvalue weighted by molar-refractivity contribution is 7.88. The zero-order valence-electron chi connectivity index (χ0n) is 18.8. The zero-order chi connectivity index (χ0) is 24.2. The zero-order valence-corrected chi connectivity index (χ0v) is 20.4. The third kappa shape index (κ3) is 5.43. The molecule has 0 spiro atoms. The van der Waals surface area contributed by atoms with E-state index >= 15 is 0 Å². The van der Waals surface area contributed by atoms with Crippen LogP contribution in [0.5, 0.6) is 11.5 Å². The van der Waals surface area contributed by atoms with Gasteiger partial charge in [-0.1, -0.05) is 42.5 Å². The highest BCUT2D eigenvalue weighted by Crippen LogP contribution is 2.33. The number of thiophene rings is 1. The van der Waals surface area contributed by atoms with Crippen LogP contribution < -0.4 is 9.47 Å². The molecule has 0 saturated heterocycles. The summed E-state index contributed by atoms with van der Waals surface area (Å²) in [5.74, 6) is -0.624. The van der Waals surface area contributed by atoms with Crippen LogP contribution in [-0.4, -0.2) is 44.9 Å². The van der Waals surface area contributed by atoms with Gasteiger partial charge in [-0.15, -0.1) is 11.3 Å². The molecule has 0 aliphatic heterocycles. The normalized spacial score (nSPS) is 12.1. The molecular weight excluding hydrogens is 462 g/mol. The lowest BCUT2D eigenvalue weighted by Crippen LogP contribution is -2.38. The minimum Gasteiger partial charge on any atom is -0.493 e. The Bertz CT molecular complexity index is 1230. The van der Waals surface area contributed by atoms with Crippen molar-refractivity contribution in [2.75, 3.05) is 20.5 Å². The molecule has 0 saturated carbocycles. The van der Waals surface area contributed by atoms with Crippen LogP contribution in [0.1, 0.15) is 39.2 Å². The van der Waals surface area contributed by atoms with Crippen LogP contribution in [0.25, 0.3) is 0 Å². The summed E-state index contributed by atoms with van der Waals surface area (Å²) in [5, 5.41) is 1.83. The summed E-state index contributed by atoms with van der Waals surface area (Å²) in [6.45, 7) is 1.44. The largest absolute Gasteiger partial charge is 0.493 e. The number of hydrogen-bond acceptors (Lipinski definition) is 7. The molecular formula is C24H25NO6S2. The van der Waals surface area contributed by atoms with Gasteiger partial charge in [0.1, 0.15) is 0 Å². The number of nitrogens with zero attached hydrogens (tertiary/aromatic N) is 1. The molecule has 3 aromatic rings. The summed E-state index contributed by atoms with van der Waals surface area (Å²) < 4.78 is 36.6. The second-order valence-electron chi connectivity index (χ2n) is 7.41. The van der Waals surface area contributed by atoms with Crippen molar-refractivity contribution in [3.8, 4) is 11.5 Å². The van der Waals surface area contributed by atoms with Crippen LogP contribution in [0.15, 0.2) is 60.0 Å². The van der Waals surface area contributed by atoms with Gasteiger partial charge in [0.15, 0.2) is 11.5 Å². The van der Waals surface area contributed by atoms with Crippen LogP contribution in [0.4, 0.5) is 0 Å². The Hall–Kier alpha value is -3.17. The molecule has 0 fully saturated rings. The molecule has 174 valence electrons. The molecule has 0 N–H and O–H groups in total. The lowest BCUT2D eigenvalue weighted by Gasteiger charge is -2.25. The van der Waals surface area contributed by atoms with Gasteiger partial charge in [0, 0.05) is 11.1 Å². The SMILES string of the molecule is COc1cccc(CN(C(=O)C(C)c2ccc(C(=O)c3cccs3)cc2)S(C)(=O)=O)c1OC. The van der Waals surface area contributed by atoms with Gasteiger partial charge in [-0.3, -0.25) is 9.59 Å². The monoisotopic (exact) mass is 487 g/mol. The fourth-order valence-corrected chi connectivity index (χ4v) is 4.97. The van der Waals surface area contributed by atoms with Crippen molar-refractivity contribution in [3.05, 3.63) is 81.5 Å². The van der Waals surface area contributed by atoms with Gasteiger partial charge < -0.3 is 9.47 Å². The van der Waals surface area contributed by atoms with E-state index in [1.54, 1.807) is 55.5 Å². The van der Waals surface area contributed by atoms with E-state index < -0.39 is 21.8 Å². The molecule has 1 aromatic heterocycles. The first-order valence-corrected chi connectivity index (χ1v) is 12.8. The molecule has 0 aliphatic carbocycles. The summed E-state index contributed by atoms with van der Waals surface area (Å²) in [6.07, 6.45) is 0.993. The summed E-state index contributed by atoms with van der Waals surface area (Å²) in [5.41, 5.74) is 1.61. The van der Waals surface area contributed by atoms with E-state index in [1.807, 2.05) is 11.4 Å². The highest BCUT2D eigenvalue weighted by atomic mass is 32.2. The standard InChI is InChI=1S/C24H25NO6S2/c1-16(17-10-12-18(13-11-17)22(26)21-9-6-14-32-21)24(27)25(33(4,28)29)15-19-7-5-8-20(30-2)23(19)31-3/h5-14,16H,15H2,1-4H3. The lowest BCUT2D eigenvalue weighted by atomic mass is 9.97. The van der Waals surface area contributed by atoms with Crippen molar-refractivity contribution in [2.45, 2.75) is 19.4 Å². The Balaban J connectivity index is 1.86. The maximum Gasteiger partial charge on any atom is 0.243 e. The van der Waals surface area contributed by atoms with E-state index in [-0.39, 0.29) is 12.3 Å². The number of benzene rings is 2. The van der Waals surface area contributed by atoms with Gasteiger partial charge in [-0.25, -0.2) is 12.7 Å². The highest BCUT2D eigenvalue weighted by Gasteiger charge is 2.30. The van der Waals surface area contributed by atoms with E-state index in [4.69, 9.17) is 9.47 Å². The number of amides is 1. The van der Waals surface area contributed by atoms with E-state index in [1.165, 1.54) is 25.6 Å². The summed E-state index contributed by atoms with van der Waals surface area (Å²) >= 11 is 1.36. The number of para-hydroxylation sites is 1. The summed E-state index contributed by atoms with van der Waals surface area (Å²) in [4.78, 5) is 26.4. The topological polar surface area (TPSA) is 90.0 Å². The molecule has 1 heterocycles. The summed E-state index contributed by atoms with van der Waals surface area (Å²) in [6, 6.07) is 15.3. The fraction of sp³-hybridized carbons (Fsp3) is 0.250. The molecule has 7 nitrogen and oxygen atoms in total. The van der Waals surface area contributed by atoms with Crippen LogP contribution in [-0.2, 0) is 21.4 Å². The maximum absolute atomic E-state index is 13.3. The molecule has 1 amide bonds. The van der Waals surface area contributed by atoms with Crippen LogP contribution >= 0.6 is 11.3 Å². The fourth-order valence-electron chi connectivity index (χ4n) is 3.42. The van der Waals surface area contributed by atoms with Crippen molar-refractivity contribution in [1.29, 1.82) is 0 Å². The Morgan fingerprint density at radius 3 is 2.24 bits per heavy atom. The minimum absolute atomic E-state index is 0.0987. The Morgan fingerprint density at radius 1 is 1.00 bits per heavy atom. The lowest BCUT2D eigenvalue weighted by molar-refractivity contribution is -0.128. The van der Waals surface area contributed by atoms with Crippen molar-refractivity contribution in [3.63, 3.8) is 0 Å². The van der Waals surface area contributed by atoms with Gasteiger partial charge in [-0.05, 0) is 30.0 Å². The van der Waals surface area contributed by atoms with Crippen LogP contribution in [0.2, 0.25) is 0 Å². The van der Waals surface area contributed by atoms with Crippen molar-refractivity contribution in [2.24, 2.45) is 0 Å². The third-order valence-electron chi connectivity index (χ3n) is 5.23. The molecule has 0 bridgehead atoms. The van der Waals surface area contributed by atoms with Gasteiger partial charge in [-0.2, -0.15) is 0 Å².